The number of thiophene rings is 1. The van der Waals surface area contributed by atoms with Crippen LogP contribution in [0.5, 0.6) is 5.75 Å². The maximum absolute atomic E-state index is 10.6. The number of carboxylic acid groups (broad SMARTS) is 1. The Bertz CT molecular complexity index is 491. The lowest BCUT2D eigenvalue weighted by Gasteiger charge is -2.05. The lowest BCUT2D eigenvalue weighted by Crippen LogP contribution is -2.00. The molecular formula is C13H12O3S. The Morgan fingerprint density at radius 1 is 1.29 bits per heavy atom. The zero-order valence-corrected chi connectivity index (χ0v) is 9.94. The van der Waals surface area contributed by atoms with Crippen LogP contribution in [0.25, 0.3) is 0 Å². The van der Waals surface area contributed by atoms with Crippen molar-refractivity contribution in [2.24, 2.45) is 0 Å². The van der Waals surface area contributed by atoms with Crippen molar-refractivity contribution in [1.29, 1.82) is 0 Å². The molecule has 4 heteroatoms. The lowest BCUT2D eigenvalue weighted by molar-refractivity contribution is -0.136. The van der Waals surface area contributed by atoms with Crippen LogP contribution in [0.2, 0.25) is 0 Å². The minimum absolute atomic E-state index is 0.0240. The van der Waals surface area contributed by atoms with E-state index in [4.69, 9.17) is 9.84 Å². The third-order valence-electron chi connectivity index (χ3n) is 2.21. The quantitative estimate of drug-likeness (QED) is 0.884. The number of carboxylic acids is 1. The van der Waals surface area contributed by atoms with Gasteiger partial charge < -0.3 is 9.84 Å². The molecule has 2 aromatic rings. The standard InChI is InChI=1S/C13H12O3S/c14-13(15)8-10-3-1-4-11(7-10)16-9-12-5-2-6-17-12/h1-7H,8-9H2,(H,14,15). The molecule has 0 radical (unpaired) electrons. The molecule has 1 aromatic carbocycles. The van der Waals surface area contributed by atoms with Crippen molar-refractivity contribution >= 4 is 17.3 Å². The summed E-state index contributed by atoms with van der Waals surface area (Å²) in [5.74, 6) is -0.127. The monoisotopic (exact) mass is 248 g/mol. The number of benzene rings is 1. The van der Waals surface area contributed by atoms with Crippen molar-refractivity contribution in [1.82, 2.24) is 0 Å². The maximum Gasteiger partial charge on any atom is 0.307 e. The predicted molar refractivity (Wildman–Crippen MR) is 66.4 cm³/mol. The molecule has 1 aromatic heterocycles. The van der Waals surface area contributed by atoms with Crippen LogP contribution in [0.1, 0.15) is 10.4 Å². The van der Waals surface area contributed by atoms with Crippen LogP contribution in [0.4, 0.5) is 0 Å². The second kappa shape index (κ2) is 5.50. The van der Waals surface area contributed by atoms with Crippen molar-refractivity contribution in [2.45, 2.75) is 13.0 Å². The second-order valence-corrected chi connectivity index (χ2v) is 4.62. The van der Waals surface area contributed by atoms with E-state index in [0.717, 1.165) is 10.4 Å². The Hall–Kier alpha value is -1.81. The molecule has 0 spiro atoms. The molecule has 0 fully saturated rings. The van der Waals surface area contributed by atoms with E-state index in [2.05, 4.69) is 0 Å². The molecule has 0 atom stereocenters. The fraction of sp³-hybridized carbons (Fsp3) is 0.154. The fourth-order valence-electron chi connectivity index (χ4n) is 1.47. The molecule has 0 aliphatic carbocycles. The summed E-state index contributed by atoms with van der Waals surface area (Å²) in [6.45, 7) is 0.522. The Balaban J connectivity index is 1.98. The van der Waals surface area contributed by atoms with Gasteiger partial charge in [-0.05, 0) is 29.1 Å². The van der Waals surface area contributed by atoms with Gasteiger partial charge in [-0.25, -0.2) is 0 Å². The zero-order valence-electron chi connectivity index (χ0n) is 9.13. The first-order valence-corrected chi connectivity index (χ1v) is 6.08. The van der Waals surface area contributed by atoms with Gasteiger partial charge in [0.15, 0.2) is 0 Å². The number of carbonyl (C=O) groups is 1. The Labute approximate surface area is 103 Å². The summed E-state index contributed by atoms with van der Waals surface area (Å²) in [7, 11) is 0. The molecule has 2 rings (SSSR count). The first kappa shape index (κ1) is 11.7. The number of hydrogen-bond donors (Lipinski definition) is 1. The van der Waals surface area contributed by atoms with Crippen LogP contribution in [-0.2, 0) is 17.8 Å². The van der Waals surface area contributed by atoms with Gasteiger partial charge in [0.25, 0.3) is 0 Å². The first-order valence-electron chi connectivity index (χ1n) is 5.20. The van der Waals surface area contributed by atoms with Crippen LogP contribution in [0, 0.1) is 0 Å². The topological polar surface area (TPSA) is 46.5 Å². The van der Waals surface area contributed by atoms with Gasteiger partial charge in [-0.2, -0.15) is 0 Å². The van der Waals surface area contributed by atoms with Gasteiger partial charge in [-0.3, -0.25) is 4.79 Å². The average Bonchev–Trinajstić information content (AvgIpc) is 2.79. The summed E-state index contributed by atoms with van der Waals surface area (Å²) in [5.41, 5.74) is 0.751. The predicted octanol–water partition coefficient (Wildman–Crippen LogP) is 2.95. The smallest absolute Gasteiger partial charge is 0.307 e. The number of hydrogen-bond acceptors (Lipinski definition) is 3. The largest absolute Gasteiger partial charge is 0.488 e. The van der Waals surface area contributed by atoms with Gasteiger partial charge in [0.2, 0.25) is 0 Å². The van der Waals surface area contributed by atoms with Crippen molar-refractivity contribution < 1.29 is 14.6 Å². The summed E-state index contributed by atoms with van der Waals surface area (Å²) < 4.78 is 5.59. The van der Waals surface area contributed by atoms with Gasteiger partial charge in [0.1, 0.15) is 12.4 Å². The molecule has 0 bridgehead atoms. The van der Waals surface area contributed by atoms with Crippen molar-refractivity contribution in [2.75, 3.05) is 0 Å². The van der Waals surface area contributed by atoms with E-state index in [-0.39, 0.29) is 6.42 Å². The summed E-state index contributed by atoms with van der Waals surface area (Å²) in [6.07, 6.45) is 0.0240. The van der Waals surface area contributed by atoms with Crippen LogP contribution >= 0.6 is 11.3 Å². The van der Waals surface area contributed by atoms with Crippen LogP contribution in [0.3, 0.4) is 0 Å². The highest BCUT2D eigenvalue weighted by atomic mass is 32.1. The van der Waals surface area contributed by atoms with Crippen molar-refractivity contribution in [3.8, 4) is 5.75 Å². The summed E-state index contributed by atoms with van der Waals surface area (Å²) in [6, 6.07) is 11.2. The Kier molecular flexibility index (Phi) is 3.77. The molecule has 0 aliphatic heterocycles. The van der Waals surface area contributed by atoms with Gasteiger partial charge in [-0.1, -0.05) is 18.2 Å². The van der Waals surface area contributed by atoms with Gasteiger partial charge in [0, 0.05) is 4.88 Å². The summed E-state index contributed by atoms with van der Waals surface area (Å²) in [4.78, 5) is 11.7. The third kappa shape index (κ3) is 3.60. The SMILES string of the molecule is O=C(O)Cc1cccc(OCc2cccs2)c1. The molecule has 0 saturated heterocycles. The minimum atomic E-state index is -0.833. The molecule has 1 N–H and O–H groups in total. The first-order chi connectivity index (χ1) is 8.24. The maximum atomic E-state index is 10.6. The van der Waals surface area contributed by atoms with Gasteiger partial charge >= 0.3 is 5.97 Å². The number of aliphatic carboxylic acids is 1. The van der Waals surface area contributed by atoms with Gasteiger partial charge in [0.05, 0.1) is 6.42 Å². The minimum Gasteiger partial charge on any atom is -0.488 e. The van der Waals surface area contributed by atoms with Gasteiger partial charge in [-0.15, -0.1) is 11.3 Å². The van der Waals surface area contributed by atoms with Crippen molar-refractivity contribution in [3.63, 3.8) is 0 Å². The molecule has 0 unspecified atom stereocenters. The number of ether oxygens (including phenoxy) is 1. The van der Waals surface area contributed by atoms with E-state index in [0.29, 0.717) is 12.4 Å². The fourth-order valence-corrected chi connectivity index (χ4v) is 2.09. The molecule has 1 heterocycles. The zero-order chi connectivity index (χ0) is 12.1. The summed E-state index contributed by atoms with van der Waals surface area (Å²) >= 11 is 1.64. The third-order valence-corrected chi connectivity index (χ3v) is 3.06. The summed E-state index contributed by atoms with van der Waals surface area (Å²) in [5, 5.41) is 10.7. The molecule has 3 nitrogen and oxygen atoms in total. The molecule has 0 saturated carbocycles. The molecule has 0 amide bonds. The molecule has 88 valence electrons. The number of rotatable bonds is 5. The van der Waals surface area contributed by atoms with E-state index in [1.807, 2.05) is 29.6 Å². The van der Waals surface area contributed by atoms with Crippen LogP contribution in [0.15, 0.2) is 41.8 Å². The molecule has 0 aliphatic rings. The van der Waals surface area contributed by atoms with E-state index in [1.54, 1.807) is 23.5 Å². The highest BCUT2D eigenvalue weighted by molar-refractivity contribution is 7.09. The Morgan fingerprint density at radius 2 is 2.18 bits per heavy atom. The van der Waals surface area contributed by atoms with E-state index in [1.165, 1.54) is 0 Å². The Morgan fingerprint density at radius 3 is 2.88 bits per heavy atom. The second-order valence-electron chi connectivity index (χ2n) is 3.59. The average molecular weight is 248 g/mol. The highest BCUT2D eigenvalue weighted by Crippen LogP contribution is 2.17. The normalized spacial score (nSPS) is 10.1. The van der Waals surface area contributed by atoms with Crippen LogP contribution in [-0.4, -0.2) is 11.1 Å². The molecular weight excluding hydrogens is 236 g/mol. The lowest BCUT2D eigenvalue weighted by atomic mass is 10.1. The van der Waals surface area contributed by atoms with E-state index in [9.17, 15) is 4.79 Å². The molecule has 17 heavy (non-hydrogen) atoms. The van der Waals surface area contributed by atoms with E-state index < -0.39 is 5.97 Å². The highest BCUT2D eigenvalue weighted by Gasteiger charge is 2.02. The van der Waals surface area contributed by atoms with Crippen molar-refractivity contribution in [3.05, 3.63) is 52.2 Å². The van der Waals surface area contributed by atoms with Crippen LogP contribution < -0.4 is 4.74 Å². The van der Waals surface area contributed by atoms with E-state index >= 15 is 0 Å².